The predicted molar refractivity (Wildman–Crippen MR) is 97.6 cm³/mol. The summed E-state index contributed by atoms with van der Waals surface area (Å²) < 4.78 is 2.24. The Bertz CT molecular complexity index is 1100. The molecular weight excluding hydrogens is 338 g/mol. The molecule has 0 bridgehead atoms. The van der Waals surface area contributed by atoms with Crippen molar-refractivity contribution < 1.29 is 5.11 Å². The number of thiazole rings is 1. The number of aromatic hydroxyl groups is 1. The minimum absolute atomic E-state index is 0.114. The van der Waals surface area contributed by atoms with Gasteiger partial charge in [0, 0.05) is 6.08 Å². The molecule has 0 saturated heterocycles. The van der Waals surface area contributed by atoms with Crippen LogP contribution in [0.2, 0.25) is 0 Å². The zero-order valence-corrected chi connectivity index (χ0v) is 14.4. The molecule has 0 amide bonds. The lowest BCUT2D eigenvalue weighted by Crippen LogP contribution is -2.19. The van der Waals surface area contributed by atoms with E-state index in [9.17, 15) is 5.11 Å². The highest BCUT2D eigenvalue weighted by Gasteiger charge is 2.13. The summed E-state index contributed by atoms with van der Waals surface area (Å²) in [6.45, 7) is 2.02. The maximum atomic E-state index is 10.6. The van der Waals surface area contributed by atoms with E-state index in [1.807, 2.05) is 55.5 Å². The van der Waals surface area contributed by atoms with E-state index < -0.39 is 0 Å². The van der Waals surface area contributed by atoms with Crippen LogP contribution >= 0.6 is 23.6 Å². The van der Waals surface area contributed by atoms with Crippen molar-refractivity contribution in [3.8, 4) is 11.6 Å². The maximum absolute atomic E-state index is 10.6. The van der Waals surface area contributed by atoms with Gasteiger partial charge in [0.05, 0.1) is 21.3 Å². The molecular formula is C18H13N3OS2. The van der Waals surface area contributed by atoms with Gasteiger partial charge in [-0.25, -0.2) is 9.98 Å². The van der Waals surface area contributed by atoms with Gasteiger partial charge >= 0.3 is 0 Å². The summed E-state index contributed by atoms with van der Waals surface area (Å²) in [4.78, 5) is 9.56. The zero-order valence-electron chi connectivity index (χ0n) is 12.8. The highest BCUT2D eigenvalue weighted by Crippen LogP contribution is 2.31. The van der Waals surface area contributed by atoms with E-state index in [0.717, 1.165) is 22.0 Å². The second kappa shape index (κ2) is 5.81. The second-order valence-electron chi connectivity index (χ2n) is 5.44. The van der Waals surface area contributed by atoms with Gasteiger partial charge in [0.1, 0.15) is 0 Å². The number of hydrogen-bond acceptors (Lipinski definition) is 5. The average molecular weight is 351 g/mol. The highest BCUT2D eigenvalue weighted by molar-refractivity contribution is 7.73. The third kappa shape index (κ3) is 2.60. The lowest BCUT2D eigenvalue weighted by molar-refractivity contribution is 0.441. The third-order valence-electron chi connectivity index (χ3n) is 3.72. The fourth-order valence-corrected chi connectivity index (χ4v) is 3.78. The summed E-state index contributed by atoms with van der Waals surface area (Å²) in [6, 6.07) is 15.5. The van der Waals surface area contributed by atoms with Gasteiger partial charge in [-0.1, -0.05) is 29.8 Å². The van der Waals surface area contributed by atoms with Crippen molar-refractivity contribution in [2.75, 3.05) is 0 Å². The molecule has 0 saturated carbocycles. The van der Waals surface area contributed by atoms with Crippen LogP contribution in [0.25, 0.3) is 11.8 Å². The largest absolute Gasteiger partial charge is 0.493 e. The van der Waals surface area contributed by atoms with Gasteiger partial charge in [-0.2, -0.15) is 0 Å². The molecule has 1 aliphatic rings. The Balaban J connectivity index is 1.80. The quantitative estimate of drug-likeness (QED) is 0.718. The molecule has 1 aliphatic heterocycles. The Kier molecular flexibility index (Phi) is 3.63. The van der Waals surface area contributed by atoms with Gasteiger partial charge in [0.2, 0.25) is 5.88 Å². The number of rotatable bonds is 2. The first kappa shape index (κ1) is 15.0. The Hall–Kier alpha value is -2.57. The smallest absolute Gasteiger partial charge is 0.215 e. The predicted octanol–water partition coefficient (Wildman–Crippen LogP) is 3.53. The normalized spacial score (nSPS) is 12.5. The number of benzene rings is 2. The number of aromatic nitrogens is 1. The summed E-state index contributed by atoms with van der Waals surface area (Å²) in [5.74, 6) is 0.682. The summed E-state index contributed by atoms with van der Waals surface area (Å²) in [7, 11) is 0. The minimum Gasteiger partial charge on any atom is -0.493 e. The Labute approximate surface area is 147 Å². The second-order valence-corrected chi connectivity index (χ2v) is 7.12. The molecule has 2 heterocycles. The Morgan fingerprint density at radius 2 is 1.67 bits per heavy atom. The molecule has 0 aliphatic carbocycles. The number of hydrogen-bond donors (Lipinski definition) is 1. The Morgan fingerprint density at radius 1 is 1.04 bits per heavy atom. The highest BCUT2D eigenvalue weighted by atomic mass is 32.1. The van der Waals surface area contributed by atoms with Gasteiger partial charge < -0.3 is 5.11 Å². The molecule has 0 atom stereocenters. The average Bonchev–Trinajstić information content (AvgIpc) is 3.09. The van der Waals surface area contributed by atoms with Gasteiger partial charge in [0.25, 0.3) is 0 Å². The topological polar surface area (TPSA) is 49.9 Å². The van der Waals surface area contributed by atoms with Crippen molar-refractivity contribution in [2.45, 2.75) is 6.92 Å². The van der Waals surface area contributed by atoms with Crippen LogP contribution in [0.1, 0.15) is 10.4 Å². The summed E-state index contributed by atoms with van der Waals surface area (Å²) in [5.41, 5.74) is 2.00. The van der Waals surface area contributed by atoms with Crippen LogP contribution in [0, 0.1) is 10.9 Å². The van der Waals surface area contributed by atoms with Crippen molar-refractivity contribution in [1.82, 2.24) is 4.57 Å². The number of aryl methyl sites for hydroxylation is 1. The first-order valence-electron chi connectivity index (χ1n) is 7.38. The van der Waals surface area contributed by atoms with Crippen LogP contribution in [-0.2, 0) is 0 Å². The van der Waals surface area contributed by atoms with E-state index >= 15 is 0 Å². The summed E-state index contributed by atoms with van der Waals surface area (Å²) in [5, 5.41) is 12.3. The van der Waals surface area contributed by atoms with Crippen LogP contribution in [-0.4, -0.2) is 9.67 Å². The molecule has 0 radical (unpaired) electrons. The molecule has 1 aromatic heterocycles. The molecule has 4 nitrogen and oxygen atoms in total. The van der Waals surface area contributed by atoms with Crippen LogP contribution < -0.4 is 10.7 Å². The summed E-state index contributed by atoms with van der Waals surface area (Å²) in [6.07, 6.45) is 1.76. The van der Waals surface area contributed by atoms with E-state index in [4.69, 9.17) is 12.2 Å². The van der Waals surface area contributed by atoms with E-state index in [0.29, 0.717) is 14.7 Å². The first-order chi connectivity index (χ1) is 11.6. The van der Waals surface area contributed by atoms with Gasteiger partial charge in [0.15, 0.2) is 9.78 Å². The lowest BCUT2D eigenvalue weighted by Gasteiger charge is -2.04. The fraction of sp³-hybridized carbons (Fsp3) is 0.0556. The van der Waals surface area contributed by atoms with Crippen LogP contribution in [0.5, 0.6) is 5.88 Å². The molecule has 0 fully saturated rings. The van der Waals surface area contributed by atoms with Crippen LogP contribution in [0.3, 0.4) is 0 Å². The van der Waals surface area contributed by atoms with Gasteiger partial charge in [-0.3, -0.25) is 4.57 Å². The molecule has 3 aromatic rings. The van der Waals surface area contributed by atoms with E-state index in [-0.39, 0.29) is 5.88 Å². The lowest BCUT2D eigenvalue weighted by atomic mass is 10.2. The molecule has 0 unspecified atom stereocenters. The van der Waals surface area contributed by atoms with Crippen molar-refractivity contribution in [1.29, 1.82) is 0 Å². The standard InChI is InChI=1S/C18H13N3OS2/c1-11-6-8-12(9-7-11)21-17(22)15(24-18(21)23)10-16-19-13-4-2-3-5-14(13)20-16/h2-10,22H,1H3. The maximum Gasteiger partial charge on any atom is 0.215 e. The molecule has 1 N–H and O–H groups in total. The van der Waals surface area contributed by atoms with Crippen molar-refractivity contribution in [2.24, 2.45) is 9.98 Å². The molecule has 0 spiro atoms. The molecule has 6 heteroatoms. The number of nitrogens with zero attached hydrogens (tertiary/aromatic N) is 3. The van der Waals surface area contributed by atoms with E-state index in [2.05, 4.69) is 9.98 Å². The van der Waals surface area contributed by atoms with Gasteiger partial charge in [-0.05, 0) is 43.4 Å². The van der Waals surface area contributed by atoms with Crippen molar-refractivity contribution in [3.05, 3.63) is 79.5 Å². The van der Waals surface area contributed by atoms with Crippen molar-refractivity contribution >= 4 is 29.6 Å². The van der Waals surface area contributed by atoms with Crippen LogP contribution in [0.4, 0.5) is 0 Å². The first-order valence-corrected chi connectivity index (χ1v) is 8.60. The van der Waals surface area contributed by atoms with E-state index in [1.54, 1.807) is 10.6 Å². The molecule has 24 heavy (non-hydrogen) atoms. The molecule has 2 aromatic carbocycles. The SMILES string of the molecule is Cc1ccc(-n2c(O)c(C=C3N=c4ccccc4=N3)sc2=S)cc1. The zero-order chi connectivity index (χ0) is 16.7. The summed E-state index contributed by atoms with van der Waals surface area (Å²) >= 11 is 6.75. The van der Waals surface area contributed by atoms with Crippen molar-refractivity contribution in [3.63, 3.8) is 0 Å². The Morgan fingerprint density at radius 3 is 2.29 bits per heavy atom. The third-order valence-corrected chi connectivity index (χ3v) is 5.03. The fourth-order valence-electron chi connectivity index (χ4n) is 2.50. The monoisotopic (exact) mass is 351 g/mol. The minimum atomic E-state index is 0.114. The number of fused-ring (bicyclic) bond motifs is 1. The molecule has 118 valence electrons. The van der Waals surface area contributed by atoms with Gasteiger partial charge in [-0.15, -0.1) is 11.3 Å². The van der Waals surface area contributed by atoms with E-state index in [1.165, 1.54) is 11.3 Å². The van der Waals surface area contributed by atoms with Crippen LogP contribution in [0.15, 0.2) is 64.3 Å². The number of para-hydroxylation sites is 2. The molecule has 4 rings (SSSR count).